The summed E-state index contributed by atoms with van der Waals surface area (Å²) in [5.74, 6) is 0. The Morgan fingerprint density at radius 1 is 0.944 bits per heavy atom. The van der Waals surface area contributed by atoms with Gasteiger partial charge in [0.15, 0.2) is 0 Å². The number of nitrogens with one attached hydrogen (secondary N) is 1. The number of thiophene rings is 1. The third kappa shape index (κ3) is 3.48. The molecule has 1 aromatic heterocycles. The summed E-state index contributed by atoms with van der Waals surface area (Å²) < 4.78 is 0.831. The summed E-state index contributed by atoms with van der Waals surface area (Å²) in [6, 6.07) is 12.5. The molecule has 1 nitrogen and oxygen atoms in total. The molecular weight excluding hydrogens is 285 g/mol. The van der Waals surface area contributed by atoms with E-state index in [0.29, 0.717) is 0 Å². The topological polar surface area (TPSA) is 12.0 Å². The first-order valence-corrected chi connectivity index (χ1v) is 7.40. The molecule has 2 atom stereocenters. The molecule has 0 radical (unpaired) electrons. The van der Waals surface area contributed by atoms with Crippen molar-refractivity contribution in [2.24, 2.45) is 0 Å². The van der Waals surface area contributed by atoms with Crippen LogP contribution in [0.2, 0.25) is 9.36 Å². The fourth-order valence-corrected chi connectivity index (χ4v) is 3.06. The van der Waals surface area contributed by atoms with Gasteiger partial charge in [0.1, 0.15) is 0 Å². The molecule has 2 rings (SSSR count). The summed E-state index contributed by atoms with van der Waals surface area (Å²) in [5, 5.41) is 4.32. The third-order valence-corrected chi connectivity index (χ3v) is 4.56. The summed E-state index contributed by atoms with van der Waals surface area (Å²) in [6.07, 6.45) is 0. The highest BCUT2D eigenvalue weighted by atomic mass is 35.5. The summed E-state index contributed by atoms with van der Waals surface area (Å²) in [7, 11) is 0. The number of benzene rings is 1. The first-order chi connectivity index (χ1) is 8.56. The lowest BCUT2D eigenvalue weighted by Crippen LogP contribution is -2.21. The molecule has 0 bridgehead atoms. The number of hydrogen-bond donors (Lipinski definition) is 1. The average molecular weight is 300 g/mol. The van der Waals surface area contributed by atoms with E-state index in [1.165, 1.54) is 10.4 Å². The van der Waals surface area contributed by atoms with Crippen LogP contribution in [0.5, 0.6) is 0 Å². The van der Waals surface area contributed by atoms with Gasteiger partial charge < -0.3 is 5.32 Å². The van der Waals surface area contributed by atoms with Gasteiger partial charge in [-0.1, -0.05) is 35.3 Å². The molecule has 4 heteroatoms. The SMILES string of the molecule is CC(N[C@H](C)c1ccc(Cl)cc1)c1ccc(Cl)s1. The minimum absolute atomic E-state index is 0.276. The van der Waals surface area contributed by atoms with Crippen molar-refractivity contribution in [3.8, 4) is 0 Å². The van der Waals surface area contributed by atoms with Crippen molar-refractivity contribution in [2.45, 2.75) is 25.9 Å². The van der Waals surface area contributed by atoms with Gasteiger partial charge in [-0.15, -0.1) is 11.3 Å². The normalized spacial score (nSPS) is 14.4. The van der Waals surface area contributed by atoms with Crippen LogP contribution in [-0.2, 0) is 0 Å². The van der Waals surface area contributed by atoms with Crippen LogP contribution in [0.25, 0.3) is 0 Å². The molecule has 0 saturated heterocycles. The average Bonchev–Trinajstić information content (AvgIpc) is 2.76. The van der Waals surface area contributed by atoms with Crippen LogP contribution >= 0.6 is 34.5 Å². The number of halogens is 2. The molecule has 1 aromatic carbocycles. The lowest BCUT2D eigenvalue weighted by molar-refractivity contribution is 0.500. The highest BCUT2D eigenvalue weighted by molar-refractivity contribution is 7.16. The largest absolute Gasteiger partial charge is 0.303 e. The van der Waals surface area contributed by atoms with Crippen molar-refractivity contribution < 1.29 is 0 Å². The lowest BCUT2D eigenvalue weighted by Gasteiger charge is -2.19. The Balaban J connectivity index is 2.02. The van der Waals surface area contributed by atoms with Crippen molar-refractivity contribution in [3.63, 3.8) is 0 Å². The van der Waals surface area contributed by atoms with E-state index in [1.54, 1.807) is 11.3 Å². The van der Waals surface area contributed by atoms with Gasteiger partial charge in [-0.3, -0.25) is 0 Å². The molecule has 0 aliphatic heterocycles. The zero-order chi connectivity index (χ0) is 13.1. The van der Waals surface area contributed by atoms with Crippen molar-refractivity contribution in [2.75, 3.05) is 0 Å². The van der Waals surface area contributed by atoms with Crippen LogP contribution in [0.4, 0.5) is 0 Å². The zero-order valence-electron chi connectivity index (χ0n) is 10.3. The molecule has 0 amide bonds. The zero-order valence-corrected chi connectivity index (χ0v) is 12.6. The van der Waals surface area contributed by atoms with Crippen LogP contribution < -0.4 is 5.32 Å². The molecule has 0 spiro atoms. The second-order valence-electron chi connectivity index (χ2n) is 4.30. The smallest absolute Gasteiger partial charge is 0.0931 e. The van der Waals surface area contributed by atoms with Gasteiger partial charge in [0.25, 0.3) is 0 Å². The van der Waals surface area contributed by atoms with E-state index in [1.807, 2.05) is 30.3 Å². The van der Waals surface area contributed by atoms with Gasteiger partial charge in [-0.05, 0) is 43.7 Å². The van der Waals surface area contributed by atoms with Gasteiger partial charge in [0.2, 0.25) is 0 Å². The molecule has 0 fully saturated rings. The van der Waals surface area contributed by atoms with E-state index in [9.17, 15) is 0 Å². The van der Waals surface area contributed by atoms with E-state index >= 15 is 0 Å². The van der Waals surface area contributed by atoms with Gasteiger partial charge in [-0.25, -0.2) is 0 Å². The van der Waals surface area contributed by atoms with Crippen molar-refractivity contribution >= 4 is 34.5 Å². The minimum Gasteiger partial charge on any atom is -0.303 e. The molecule has 1 N–H and O–H groups in total. The van der Waals surface area contributed by atoms with Crippen LogP contribution in [-0.4, -0.2) is 0 Å². The van der Waals surface area contributed by atoms with Gasteiger partial charge in [0.05, 0.1) is 4.34 Å². The first kappa shape index (κ1) is 13.9. The molecule has 2 aromatic rings. The molecule has 0 aliphatic carbocycles. The Morgan fingerprint density at radius 3 is 2.17 bits per heavy atom. The Bertz CT molecular complexity index is 507. The highest BCUT2D eigenvalue weighted by Gasteiger charge is 2.12. The molecule has 18 heavy (non-hydrogen) atoms. The van der Waals surface area contributed by atoms with Gasteiger partial charge >= 0.3 is 0 Å². The van der Waals surface area contributed by atoms with Crippen LogP contribution in [0.1, 0.15) is 36.4 Å². The Hall–Kier alpha value is -0.540. The minimum atomic E-state index is 0.276. The molecular formula is C14H15Cl2NS. The molecule has 0 aliphatic rings. The second kappa shape index (κ2) is 6.07. The van der Waals surface area contributed by atoms with Crippen molar-refractivity contribution in [1.82, 2.24) is 5.32 Å². The number of hydrogen-bond acceptors (Lipinski definition) is 2. The second-order valence-corrected chi connectivity index (χ2v) is 6.49. The van der Waals surface area contributed by atoms with Crippen LogP contribution in [0, 0.1) is 0 Å². The standard InChI is InChI=1S/C14H15Cl2NS/c1-9(11-3-5-12(15)6-4-11)17-10(2)13-7-8-14(16)18-13/h3-10,17H,1-2H3/t9-,10?/m1/s1. The summed E-state index contributed by atoms with van der Waals surface area (Å²) in [5.41, 5.74) is 1.23. The predicted octanol–water partition coefficient (Wildman–Crippen LogP) is 5.47. The fraction of sp³-hybridized carbons (Fsp3) is 0.286. The van der Waals surface area contributed by atoms with E-state index in [0.717, 1.165) is 9.36 Å². The third-order valence-electron chi connectivity index (χ3n) is 2.89. The molecule has 1 unspecified atom stereocenters. The lowest BCUT2D eigenvalue weighted by atomic mass is 10.1. The van der Waals surface area contributed by atoms with Crippen LogP contribution in [0.3, 0.4) is 0 Å². The fourth-order valence-electron chi connectivity index (χ4n) is 1.87. The van der Waals surface area contributed by atoms with Gasteiger partial charge in [-0.2, -0.15) is 0 Å². The van der Waals surface area contributed by atoms with Gasteiger partial charge in [0, 0.05) is 22.0 Å². The van der Waals surface area contributed by atoms with E-state index < -0.39 is 0 Å². The maximum absolute atomic E-state index is 5.95. The highest BCUT2D eigenvalue weighted by Crippen LogP contribution is 2.28. The monoisotopic (exact) mass is 299 g/mol. The van der Waals surface area contributed by atoms with Crippen molar-refractivity contribution in [3.05, 3.63) is 56.2 Å². The quantitative estimate of drug-likeness (QED) is 0.789. The van der Waals surface area contributed by atoms with E-state index in [2.05, 4.69) is 25.2 Å². The Morgan fingerprint density at radius 2 is 1.61 bits per heavy atom. The van der Waals surface area contributed by atoms with Crippen LogP contribution in [0.15, 0.2) is 36.4 Å². The van der Waals surface area contributed by atoms with E-state index in [-0.39, 0.29) is 12.1 Å². The maximum Gasteiger partial charge on any atom is 0.0931 e. The van der Waals surface area contributed by atoms with Crippen molar-refractivity contribution in [1.29, 1.82) is 0 Å². The Kier molecular flexibility index (Phi) is 4.68. The summed E-state index contributed by atoms with van der Waals surface area (Å²) in [4.78, 5) is 1.25. The maximum atomic E-state index is 5.95. The predicted molar refractivity (Wildman–Crippen MR) is 80.7 cm³/mol. The molecule has 1 heterocycles. The summed E-state index contributed by atoms with van der Waals surface area (Å²) >= 11 is 13.5. The number of rotatable bonds is 4. The molecule has 96 valence electrons. The Labute approximate surface area is 122 Å². The van der Waals surface area contributed by atoms with E-state index in [4.69, 9.17) is 23.2 Å². The first-order valence-electron chi connectivity index (χ1n) is 5.83. The molecule has 0 saturated carbocycles. The summed E-state index contributed by atoms with van der Waals surface area (Å²) in [6.45, 7) is 4.30.